The molecule has 5 N–H and O–H groups in total. The third-order valence-electron chi connectivity index (χ3n) is 0.673. The highest BCUT2D eigenvalue weighted by atomic mass is 32.2. The fraction of sp³-hybridized carbons (Fsp3) is 1.00. The van der Waals surface area contributed by atoms with Crippen molar-refractivity contribution >= 4 is 10.1 Å². The standard InChI is InChI=1S/C3H8O3S.C2H7NO2/c1-2-3-7(4,5)6;3-1-2(4)5/h2-3H2,1H3,(H,4,5,6);2,4-5H,1,3H2. The summed E-state index contributed by atoms with van der Waals surface area (Å²) in [6, 6.07) is 0. The lowest BCUT2D eigenvalue weighted by Gasteiger charge is -1.90. The Morgan fingerprint density at radius 3 is 1.75 bits per heavy atom. The van der Waals surface area contributed by atoms with E-state index in [1.165, 1.54) is 0 Å². The van der Waals surface area contributed by atoms with E-state index in [2.05, 4.69) is 5.73 Å². The van der Waals surface area contributed by atoms with Crippen LogP contribution in [0.25, 0.3) is 0 Å². The molecule has 0 spiro atoms. The molecule has 7 heteroatoms. The zero-order valence-corrected chi connectivity index (χ0v) is 7.66. The number of hydrogen-bond acceptors (Lipinski definition) is 5. The van der Waals surface area contributed by atoms with Crippen molar-refractivity contribution in [3.05, 3.63) is 0 Å². The molecule has 0 radical (unpaired) electrons. The molecule has 0 fully saturated rings. The maximum atomic E-state index is 9.79. The quantitative estimate of drug-likeness (QED) is 0.327. The van der Waals surface area contributed by atoms with Crippen LogP contribution in [0.15, 0.2) is 0 Å². The minimum atomic E-state index is -3.67. The molecule has 6 nitrogen and oxygen atoms in total. The van der Waals surface area contributed by atoms with Gasteiger partial charge < -0.3 is 15.9 Å². The largest absolute Gasteiger partial charge is 0.367 e. The Hall–Kier alpha value is -0.210. The Balaban J connectivity index is 0. The lowest BCUT2D eigenvalue weighted by molar-refractivity contribution is -0.0309. The molecule has 76 valence electrons. The van der Waals surface area contributed by atoms with Crippen LogP contribution >= 0.6 is 0 Å². The van der Waals surface area contributed by atoms with Gasteiger partial charge in [0.05, 0.1) is 5.75 Å². The smallest absolute Gasteiger partial charge is 0.264 e. The molecular formula is C5H15NO5S. The van der Waals surface area contributed by atoms with Crippen LogP contribution in [-0.4, -0.2) is 41.8 Å². The summed E-state index contributed by atoms with van der Waals surface area (Å²) >= 11 is 0. The van der Waals surface area contributed by atoms with E-state index in [0.29, 0.717) is 6.42 Å². The number of aliphatic hydroxyl groups is 2. The Bertz CT molecular complexity index is 176. The summed E-state index contributed by atoms with van der Waals surface area (Å²) in [7, 11) is -3.67. The van der Waals surface area contributed by atoms with Crippen molar-refractivity contribution in [3.63, 3.8) is 0 Å². The molecule has 0 aliphatic rings. The third kappa shape index (κ3) is 22.6. The van der Waals surface area contributed by atoms with E-state index < -0.39 is 16.4 Å². The van der Waals surface area contributed by atoms with Crippen molar-refractivity contribution in [3.8, 4) is 0 Å². The van der Waals surface area contributed by atoms with E-state index in [1.807, 2.05) is 0 Å². The second kappa shape index (κ2) is 7.44. The first-order valence-corrected chi connectivity index (χ1v) is 4.95. The van der Waals surface area contributed by atoms with Crippen LogP contribution in [0.1, 0.15) is 13.3 Å². The molecule has 0 aromatic heterocycles. The molecule has 0 aliphatic carbocycles. The van der Waals surface area contributed by atoms with Gasteiger partial charge in [0.1, 0.15) is 0 Å². The van der Waals surface area contributed by atoms with Crippen molar-refractivity contribution in [1.82, 2.24) is 0 Å². The Labute approximate surface area is 71.8 Å². The highest BCUT2D eigenvalue weighted by Crippen LogP contribution is 1.83. The second-order valence-electron chi connectivity index (χ2n) is 2.00. The van der Waals surface area contributed by atoms with Gasteiger partial charge in [0.2, 0.25) is 0 Å². The van der Waals surface area contributed by atoms with Crippen molar-refractivity contribution in [1.29, 1.82) is 0 Å². The molecule has 0 saturated carbocycles. The van der Waals surface area contributed by atoms with E-state index in [-0.39, 0.29) is 12.3 Å². The zero-order chi connectivity index (χ0) is 10.2. The Kier molecular flexibility index (Phi) is 8.88. The van der Waals surface area contributed by atoms with Crippen LogP contribution in [0.5, 0.6) is 0 Å². The van der Waals surface area contributed by atoms with E-state index in [9.17, 15) is 8.42 Å². The maximum Gasteiger partial charge on any atom is 0.264 e. The number of aliphatic hydroxyl groups excluding tert-OH is 1. The molecule has 0 rings (SSSR count). The first-order chi connectivity index (χ1) is 5.33. The van der Waals surface area contributed by atoms with Crippen LogP contribution < -0.4 is 5.73 Å². The minimum Gasteiger partial charge on any atom is -0.367 e. The van der Waals surface area contributed by atoms with Gasteiger partial charge in [0.15, 0.2) is 6.29 Å². The third-order valence-corrected chi connectivity index (χ3v) is 1.60. The fourth-order valence-corrected chi connectivity index (χ4v) is 0.774. The molecule has 0 bridgehead atoms. The number of rotatable bonds is 3. The predicted octanol–water partition coefficient (Wildman–Crippen LogP) is -1.46. The molecule has 0 aromatic carbocycles. The van der Waals surface area contributed by atoms with Gasteiger partial charge in [-0.25, -0.2) is 0 Å². The van der Waals surface area contributed by atoms with Gasteiger partial charge in [-0.15, -0.1) is 0 Å². The number of nitrogens with two attached hydrogens (primary N) is 1. The van der Waals surface area contributed by atoms with Crippen molar-refractivity contribution < 1.29 is 23.2 Å². The molecular weight excluding hydrogens is 186 g/mol. The van der Waals surface area contributed by atoms with Crippen LogP contribution in [0.2, 0.25) is 0 Å². The summed E-state index contributed by atoms with van der Waals surface area (Å²) in [4.78, 5) is 0. The van der Waals surface area contributed by atoms with E-state index in [0.717, 1.165) is 0 Å². The molecule has 12 heavy (non-hydrogen) atoms. The van der Waals surface area contributed by atoms with Crippen LogP contribution in [0, 0.1) is 0 Å². The Morgan fingerprint density at radius 1 is 1.42 bits per heavy atom. The van der Waals surface area contributed by atoms with Crippen LogP contribution in [0.4, 0.5) is 0 Å². The van der Waals surface area contributed by atoms with Gasteiger partial charge in [0.25, 0.3) is 10.1 Å². The average Bonchev–Trinajstić information content (AvgIpc) is 1.86. The molecule has 0 amide bonds. The normalized spacial score (nSPS) is 10.8. The number of hydrogen-bond donors (Lipinski definition) is 4. The zero-order valence-electron chi connectivity index (χ0n) is 6.84. The summed E-state index contributed by atoms with van der Waals surface area (Å²) in [6.45, 7) is 1.60. The summed E-state index contributed by atoms with van der Waals surface area (Å²) in [5.41, 5.74) is 4.67. The van der Waals surface area contributed by atoms with Gasteiger partial charge in [0, 0.05) is 6.54 Å². The van der Waals surface area contributed by atoms with Gasteiger partial charge in [-0.2, -0.15) is 8.42 Å². The lowest BCUT2D eigenvalue weighted by Crippen LogP contribution is -2.17. The lowest BCUT2D eigenvalue weighted by atomic mass is 10.6. The van der Waals surface area contributed by atoms with Crippen LogP contribution in [-0.2, 0) is 10.1 Å². The highest BCUT2D eigenvalue weighted by Gasteiger charge is 1.98. The summed E-state index contributed by atoms with van der Waals surface area (Å²) in [6.07, 6.45) is -0.867. The average molecular weight is 201 g/mol. The first kappa shape index (κ1) is 14.3. The van der Waals surface area contributed by atoms with Crippen molar-refractivity contribution in [2.45, 2.75) is 19.6 Å². The van der Waals surface area contributed by atoms with Crippen molar-refractivity contribution in [2.24, 2.45) is 5.73 Å². The molecule has 0 heterocycles. The molecule has 0 saturated heterocycles. The fourth-order valence-electron chi connectivity index (χ4n) is 0.258. The van der Waals surface area contributed by atoms with Gasteiger partial charge in [-0.3, -0.25) is 4.55 Å². The van der Waals surface area contributed by atoms with Crippen LogP contribution in [0.3, 0.4) is 0 Å². The molecule has 0 unspecified atom stereocenters. The molecule has 0 aliphatic heterocycles. The van der Waals surface area contributed by atoms with Gasteiger partial charge in [-0.05, 0) is 6.42 Å². The van der Waals surface area contributed by atoms with E-state index in [1.54, 1.807) is 6.92 Å². The summed E-state index contributed by atoms with van der Waals surface area (Å²) in [5, 5.41) is 15.6. The predicted molar refractivity (Wildman–Crippen MR) is 44.0 cm³/mol. The molecule has 0 aromatic rings. The van der Waals surface area contributed by atoms with Crippen molar-refractivity contribution in [2.75, 3.05) is 12.3 Å². The summed E-state index contributed by atoms with van der Waals surface area (Å²) in [5.74, 6) is -0.132. The minimum absolute atomic E-state index is 0.0833. The first-order valence-electron chi connectivity index (χ1n) is 3.34. The molecule has 0 atom stereocenters. The SMILES string of the molecule is CCCS(=O)(=O)O.NCC(O)O. The second-order valence-corrected chi connectivity index (χ2v) is 3.57. The topological polar surface area (TPSA) is 121 Å². The monoisotopic (exact) mass is 201 g/mol. The van der Waals surface area contributed by atoms with E-state index in [4.69, 9.17) is 14.8 Å². The summed E-state index contributed by atoms with van der Waals surface area (Å²) < 4.78 is 27.6. The van der Waals surface area contributed by atoms with Gasteiger partial charge >= 0.3 is 0 Å². The Morgan fingerprint density at radius 2 is 1.75 bits per heavy atom. The highest BCUT2D eigenvalue weighted by molar-refractivity contribution is 7.85. The maximum absolute atomic E-state index is 9.79. The van der Waals surface area contributed by atoms with E-state index >= 15 is 0 Å². The van der Waals surface area contributed by atoms with Gasteiger partial charge in [-0.1, -0.05) is 6.92 Å².